The summed E-state index contributed by atoms with van der Waals surface area (Å²) in [5.41, 5.74) is 4.59. The van der Waals surface area contributed by atoms with Crippen molar-refractivity contribution in [1.82, 2.24) is 0 Å². The molecule has 0 radical (unpaired) electrons. The highest BCUT2D eigenvalue weighted by atomic mass is 16.5. The maximum atomic E-state index is 11.5. The van der Waals surface area contributed by atoms with Crippen LogP contribution < -0.4 is 10.1 Å². The molecule has 1 aliphatic rings. The Morgan fingerprint density at radius 1 is 1.12 bits per heavy atom. The molecule has 124 valence electrons. The van der Waals surface area contributed by atoms with Gasteiger partial charge in [0.05, 0.1) is 18.7 Å². The number of amides is 1. The van der Waals surface area contributed by atoms with E-state index in [-0.39, 0.29) is 5.91 Å². The van der Waals surface area contributed by atoms with Gasteiger partial charge in [-0.2, -0.15) is 0 Å². The Labute approximate surface area is 143 Å². The lowest BCUT2D eigenvalue weighted by Crippen LogP contribution is -2.10. The minimum Gasteiger partial charge on any atom is -0.491 e. The molecule has 2 aromatic carbocycles. The largest absolute Gasteiger partial charge is 0.491 e. The number of carbonyl (C=O) groups is 1. The van der Waals surface area contributed by atoms with E-state index in [9.17, 15) is 4.79 Å². The predicted molar refractivity (Wildman–Crippen MR) is 98.4 cm³/mol. The average Bonchev–Trinajstić information content (AvgIpc) is 2.79. The summed E-state index contributed by atoms with van der Waals surface area (Å²) >= 11 is 0. The number of ether oxygens (including phenoxy) is 1. The number of aryl methyl sites for hydroxylation is 2. The van der Waals surface area contributed by atoms with Crippen LogP contribution >= 0.6 is 0 Å². The summed E-state index contributed by atoms with van der Waals surface area (Å²) in [6.07, 6.45) is 7.82. The van der Waals surface area contributed by atoms with Crippen molar-refractivity contribution < 1.29 is 9.53 Å². The number of fused-ring (bicyclic) bond motifs is 1. The topological polar surface area (TPSA) is 38.3 Å². The molecule has 0 fully saturated rings. The normalized spacial score (nSPS) is 14.0. The maximum absolute atomic E-state index is 11.5. The van der Waals surface area contributed by atoms with Crippen LogP contribution in [-0.2, 0) is 17.6 Å². The van der Waals surface area contributed by atoms with Gasteiger partial charge in [-0.1, -0.05) is 49.4 Å². The van der Waals surface area contributed by atoms with Crippen molar-refractivity contribution in [2.75, 3.05) is 11.9 Å². The molecule has 0 saturated carbocycles. The molecule has 0 atom stereocenters. The number of hydrogen-bond donors (Lipinski definition) is 1. The van der Waals surface area contributed by atoms with E-state index in [0.717, 1.165) is 36.3 Å². The van der Waals surface area contributed by atoms with Crippen LogP contribution in [0.5, 0.6) is 5.75 Å². The van der Waals surface area contributed by atoms with Crippen molar-refractivity contribution >= 4 is 17.7 Å². The first-order chi connectivity index (χ1) is 11.7. The standard InChI is InChI=1S/C21H23NO2/c1-2-16-7-9-17(10-8-16)5-3-4-6-18-11-12-19-20(15-18)24-14-13-21(23)22-19/h4,6-12,15H,2-3,5,13-14H2,1H3,(H,22,23). The third-order valence-corrected chi connectivity index (χ3v) is 4.21. The van der Waals surface area contributed by atoms with Gasteiger partial charge < -0.3 is 10.1 Å². The second kappa shape index (κ2) is 7.82. The van der Waals surface area contributed by atoms with Gasteiger partial charge in [0.15, 0.2) is 0 Å². The highest BCUT2D eigenvalue weighted by Gasteiger charge is 2.13. The molecule has 1 aliphatic heterocycles. The molecule has 2 aromatic rings. The maximum Gasteiger partial charge on any atom is 0.227 e. The molecule has 0 spiro atoms. The van der Waals surface area contributed by atoms with Crippen LogP contribution in [0.15, 0.2) is 48.5 Å². The molecular weight excluding hydrogens is 298 g/mol. The van der Waals surface area contributed by atoms with Gasteiger partial charge in [0, 0.05) is 0 Å². The molecule has 3 nitrogen and oxygen atoms in total. The van der Waals surface area contributed by atoms with E-state index in [0.29, 0.717) is 13.0 Å². The number of anilines is 1. The molecule has 0 unspecified atom stereocenters. The van der Waals surface area contributed by atoms with E-state index in [1.165, 1.54) is 11.1 Å². The van der Waals surface area contributed by atoms with E-state index in [1.54, 1.807) is 0 Å². The Kier molecular flexibility index (Phi) is 5.32. The zero-order valence-corrected chi connectivity index (χ0v) is 14.0. The third-order valence-electron chi connectivity index (χ3n) is 4.21. The van der Waals surface area contributed by atoms with Crippen LogP contribution in [0.4, 0.5) is 5.69 Å². The van der Waals surface area contributed by atoms with Gasteiger partial charge in [-0.3, -0.25) is 4.79 Å². The Hall–Kier alpha value is -2.55. The Morgan fingerprint density at radius 3 is 2.71 bits per heavy atom. The number of benzene rings is 2. The lowest BCUT2D eigenvalue weighted by atomic mass is 10.1. The van der Waals surface area contributed by atoms with E-state index in [1.807, 2.05) is 18.2 Å². The van der Waals surface area contributed by atoms with Gasteiger partial charge in [0.1, 0.15) is 5.75 Å². The molecule has 3 rings (SSSR count). The molecule has 1 amide bonds. The van der Waals surface area contributed by atoms with Gasteiger partial charge in [-0.05, 0) is 48.1 Å². The molecule has 1 N–H and O–H groups in total. The second-order valence-corrected chi connectivity index (χ2v) is 6.01. The molecule has 3 heteroatoms. The first kappa shape index (κ1) is 16.3. The lowest BCUT2D eigenvalue weighted by Gasteiger charge is -2.07. The number of hydrogen-bond acceptors (Lipinski definition) is 2. The van der Waals surface area contributed by atoms with Crippen LogP contribution in [0.1, 0.15) is 36.5 Å². The summed E-state index contributed by atoms with van der Waals surface area (Å²) in [6.45, 7) is 2.60. The third kappa shape index (κ3) is 4.25. The van der Waals surface area contributed by atoms with E-state index >= 15 is 0 Å². The summed E-state index contributed by atoms with van der Waals surface area (Å²) in [5.74, 6) is 0.754. The smallest absolute Gasteiger partial charge is 0.227 e. The van der Waals surface area contributed by atoms with Crippen LogP contribution in [0.3, 0.4) is 0 Å². The number of carbonyl (C=O) groups excluding carboxylic acids is 1. The predicted octanol–water partition coefficient (Wildman–Crippen LogP) is 4.62. The van der Waals surface area contributed by atoms with Gasteiger partial charge in [0.2, 0.25) is 5.91 Å². The SMILES string of the molecule is CCc1ccc(CCC=Cc2ccc3c(c2)OCCC(=O)N3)cc1. The fourth-order valence-corrected chi connectivity index (χ4v) is 2.74. The summed E-state index contributed by atoms with van der Waals surface area (Å²) < 4.78 is 5.64. The van der Waals surface area contributed by atoms with Crippen molar-refractivity contribution in [3.63, 3.8) is 0 Å². The first-order valence-electron chi connectivity index (χ1n) is 8.55. The van der Waals surface area contributed by atoms with Gasteiger partial charge >= 0.3 is 0 Å². The number of nitrogens with one attached hydrogen (secondary N) is 1. The molecule has 0 saturated heterocycles. The second-order valence-electron chi connectivity index (χ2n) is 6.01. The molecule has 24 heavy (non-hydrogen) atoms. The highest BCUT2D eigenvalue weighted by molar-refractivity contribution is 5.93. The zero-order valence-electron chi connectivity index (χ0n) is 14.0. The van der Waals surface area contributed by atoms with E-state index in [4.69, 9.17) is 4.74 Å². The van der Waals surface area contributed by atoms with Gasteiger partial charge in [-0.15, -0.1) is 0 Å². The molecular formula is C21H23NO2. The molecule has 1 heterocycles. The summed E-state index contributed by atoms with van der Waals surface area (Å²) in [7, 11) is 0. The Balaban J connectivity index is 1.58. The minimum absolute atomic E-state index is 0.00568. The highest BCUT2D eigenvalue weighted by Crippen LogP contribution is 2.28. The monoisotopic (exact) mass is 321 g/mol. The van der Waals surface area contributed by atoms with E-state index < -0.39 is 0 Å². The van der Waals surface area contributed by atoms with Crippen molar-refractivity contribution in [1.29, 1.82) is 0 Å². The van der Waals surface area contributed by atoms with E-state index in [2.05, 4.69) is 48.7 Å². The van der Waals surface area contributed by atoms with Crippen LogP contribution in [0.25, 0.3) is 6.08 Å². The number of rotatable bonds is 5. The Morgan fingerprint density at radius 2 is 1.92 bits per heavy atom. The summed E-state index contributed by atoms with van der Waals surface area (Å²) in [6, 6.07) is 14.7. The minimum atomic E-state index is 0.00568. The van der Waals surface area contributed by atoms with Gasteiger partial charge in [-0.25, -0.2) is 0 Å². The van der Waals surface area contributed by atoms with Crippen LogP contribution in [0.2, 0.25) is 0 Å². The van der Waals surface area contributed by atoms with Gasteiger partial charge in [0.25, 0.3) is 0 Å². The first-order valence-corrected chi connectivity index (χ1v) is 8.55. The van der Waals surface area contributed by atoms with Crippen molar-refractivity contribution in [2.45, 2.75) is 32.6 Å². The van der Waals surface area contributed by atoms with Crippen molar-refractivity contribution in [3.05, 3.63) is 65.2 Å². The van der Waals surface area contributed by atoms with Crippen molar-refractivity contribution in [2.24, 2.45) is 0 Å². The van der Waals surface area contributed by atoms with Crippen molar-refractivity contribution in [3.8, 4) is 5.75 Å². The molecule has 0 aliphatic carbocycles. The lowest BCUT2D eigenvalue weighted by molar-refractivity contribution is -0.116. The molecule has 0 bridgehead atoms. The van der Waals surface area contributed by atoms with Crippen LogP contribution in [-0.4, -0.2) is 12.5 Å². The fourth-order valence-electron chi connectivity index (χ4n) is 2.74. The summed E-state index contributed by atoms with van der Waals surface area (Å²) in [4.78, 5) is 11.5. The summed E-state index contributed by atoms with van der Waals surface area (Å²) in [5, 5.41) is 2.86. The van der Waals surface area contributed by atoms with Crippen LogP contribution in [0, 0.1) is 0 Å². The number of allylic oxidation sites excluding steroid dienone is 1. The Bertz CT molecular complexity index is 732. The quantitative estimate of drug-likeness (QED) is 0.873. The fraction of sp³-hybridized carbons (Fsp3) is 0.286. The molecule has 0 aromatic heterocycles. The zero-order chi connectivity index (χ0) is 16.8. The average molecular weight is 321 g/mol.